The van der Waals surface area contributed by atoms with Gasteiger partial charge in [-0.2, -0.15) is 0 Å². The molecule has 0 heterocycles. The van der Waals surface area contributed by atoms with Gasteiger partial charge in [-0.1, -0.05) is 13.3 Å². The normalized spacial score (nSPS) is 17.1. The number of hydrogen-bond acceptors (Lipinski definition) is 4. The fraction of sp³-hybridized carbons (Fsp3) is 0.500. The smallest absolute Gasteiger partial charge is 0.329 e. The summed E-state index contributed by atoms with van der Waals surface area (Å²) in [6.07, 6.45) is 2.58. The highest BCUT2D eigenvalue weighted by Crippen LogP contribution is 2.22. The maximum absolute atomic E-state index is 12.2. The Morgan fingerprint density at radius 1 is 1.25 bits per heavy atom. The predicted octanol–water partition coefficient (Wildman–Crippen LogP) is 1.50. The topological polar surface area (TPSA) is 113 Å². The molecule has 2 rings (SSSR count). The first kappa shape index (κ1) is 18.4. The Labute approximate surface area is 141 Å². The molecule has 8 heteroatoms. The molecule has 1 aromatic carbocycles. The van der Waals surface area contributed by atoms with Gasteiger partial charge in [0, 0.05) is 11.6 Å². The molecule has 7 nitrogen and oxygen atoms in total. The molecule has 1 unspecified atom stereocenters. The van der Waals surface area contributed by atoms with E-state index in [2.05, 4.69) is 10.0 Å². The van der Waals surface area contributed by atoms with Gasteiger partial charge in [-0.15, -0.1) is 0 Å². The van der Waals surface area contributed by atoms with Crippen LogP contribution < -0.4 is 10.0 Å². The molecule has 0 aromatic heterocycles. The van der Waals surface area contributed by atoms with Gasteiger partial charge in [-0.05, 0) is 50.5 Å². The van der Waals surface area contributed by atoms with E-state index in [1.165, 1.54) is 31.2 Å². The summed E-state index contributed by atoms with van der Waals surface area (Å²) in [6, 6.07) is 5.45. The van der Waals surface area contributed by atoms with E-state index in [4.69, 9.17) is 0 Å². The number of amides is 1. The zero-order valence-electron chi connectivity index (χ0n) is 13.7. The molecule has 1 saturated carbocycles. The first-order chi connectivity index (χ1) is 11.2. The van der Waals surface area contributed by atoms with Crippen LogP contribution in [0.15, 0.2) is 29.2 Å². The van der Waals surface area contributed by atoms with Crippen LogP contribution in [0.2, 0.25) is 0 Å². The Kier molecular flexibility index (Phi) is 5.29. The third-order valence-electron chi connectivity index (χ3n) is 3.94. The molecule has 0 saturated heterocycles. The molecule has 0 aliphatic heterocycles. The Balaban J connectivity index is 2.12. The number of benzene rings is 1. The summed E-state index contributed by atoms with van der Waals surface area (Å²) in [5.74, 6) is -1.65. The van der Waals surface area contributed by atoms with Gasteiger partial charge >= 0.3 is 5.97 Å². The molecule has 1 amide bonds. The number of hydrogen-bond donors (Lipinski definition) is 3. The molecule has 0 radical (unpaired) electrons. The van der Waals surface area contributed by atoms with Gasteiger partial charge in [0.25, 0.3) is 5.91 Å². The minimum atomic E-state index is -3.57. The minimum absolute atomic E-state index is 0.00305. The first-order valence-electron chi connectivity index (χ1n) is 7.86. The lowest BCUT2D eigenvalue weighted by atomic mass is 9.96. The average molecular weight is 354 g/mol. The van der Waals surface area contributed by atoms with Crippen LogP contribution in [0.4, 0.5) is 0 Å². The minimum Gasteiger partial charge on any atom is -0.480 e. The maximum Gasteiger partial charge on any atom is 0.329 e. The standard InChI is InChI=1S/C16H22N2O5S/c1-3-10-16(2,15(20)21)17-14(19)11-4-8-13(9-5-11)24(22,23)18-12-6-7-12/h4-5,8-9,12,18H,3,6-7,10H2,1-2H3,(H,17,19)(H,20,21). The number of carbonyl (C=O) groups excluding carboxylic acids is 1. The molecule has 0 spiro atoms. The lowest BCUT2D eigenvalue weighted by Gasteiger charge is -2.25. The quantitative estimate of drug-likeness (QED) is 0.655. The van der Waals surface area contributed by atoms with Gasteiger partial charge in [-0.3, -0.25) is 4.79 Å². The zero-order chi connectivity index (χ0) is 18.0. The molecule has 1 fully saturated rings. The Hall–Kier alpha value is -1.93. The predicted molar refractivity (Wildman–Crippen MR) is 88.2 cm³/mol. The number of rotatable bonds is 8. The van der Waals surface area contributed by atoms with E-state index in [1.54, 1.807) is 0 Å². The van der Waals surface area contributed by atoms with Crippen molar-refractivity contribution in [2.45, 2.75) is 56.0 Å². The van der Waals surface area contributed by atoms with Crippen molar-refractivity contribution in [3.8, 4) is 0 Å². The Morgan fingerprint density at radius 2 is 1.83 bits per heavy atom. The van der Waals surface area contributed by atoms with Crippen LogP contribution in [0.3, 0.4) is 0 Å². The van der Waals surface area contributed by atoms with Crippen molar-refractivity contribution in [3.63, 3.8) is 0 Å². The van der Waals surface area contributed by atoms with E-state index in [0.29, 0.717) is 12.8 Å². The number of carboxylic acid groups (broad SMARTS) is 1. The monoisotopic (exact) mass is 354 g/mol. The summed E-state index contributed by atoms with van der Waals surface area (Å²) < 4.78 is 26.7. The number of nitrogens with one attached hydrogen (secondary N) is 2. The summed E-state index contributed by atoms with van der Waals surface area (Å²) in [4.78, 5) is 23.7. The average Bonchev–Trinajstić information content (AvgIpc) is 3.30. The van der Waals surface area contributed by atoms with Crippen LogP contribution in [-0.4, -0.2) is 37.0 Å². The van der Waals surface area contributed by atoms with Crippen molar-refractivity contribution in [2.75, 3.05) is 0 Å². The highest BCUT2D eigenvalue weighted by molar-refractivity contribution is 7.89. The lowest BCUT2D eigenvalue weighted by Crippen LogP contribution is -2.52. The largest absolute Gasteiger partial charge is 0.480 e. The number of aliphatic carboxylic acids is 1. The van der Waals surface area contributed by atoms with Crippen molar-refractivity contribution in [1.82, 2.24) is 10.0 Å². The third kappa shape index (κ3) is 4.33. The highest BCUT2D eigenvalue weighted by Gasteiger charge is 2.34. The molecule has 1 atom stereocenters. The van der Waals surface area contributed by atoms with Crippen LogP contribution in [0.25, 0.3) is 0 Å². The summed E-state index contributed by atoms with van der Waals surface area (Å²) in [5, 5.41) is 11.8. The number of carboxylic acids is 1. The van der Waals surface area contributed by atoms with Gasteiger partial charge in [0.15, 0.2) is 0 Å². The van der Waals surface area contributed by atoms with Gasteiger partial charge in [-0.25, -0.2) is 17.9 Å². The molecule has 1 aliphatic rings. The second-order valence-electron chi connectivity index (χ2n) is 6.26. The van der Waals surface area contributed by atoms with Crippen molar-refractivity contribution in [3.05, 3.63) is 29.8 Å². The van der Waals surface area contributed by atoms with Crippen molar-refractivity contribution >= 4 is 21.9 Å². The third-order valence-corrected chi connectivity index (χ3v) is 5.47. The van der Waals surface area contributed by atoms with E-state index in [9.17, 15) is 23.1 Å². The Morgan fingerprint density at radius 3 is 2.29 bits per heavy atom. The summed E-state index contributed by atoms with van der Waals surface area (Å²) in [7, 11) is -3.57. The fourth-order valence-electron chi connectivity index (χ4n) is 2.32. The fourth-order valence-corrected chi connectivity index (χ4v) is 3.62. The maximum atomic E-state index is 12.2. The molecular weight excluding hydrogens is 332 g/mol. The van der Waals surface area contributed by atoms with Crippen molar-refractivity contribution in [2.24, 2.45) is 0 Å². The van der Waals surface area contributed by atoms with E-state index in [-0.39, 0.29) is 16.5 Å². The molecule has 1 aromatic rings. The van der Waals surface area contributed by atoms with E-state index < -0.39 is 27.4 Å². The van der Waals surface area contributed by atoms with Gasteiger partial charge in [0.05, 0.1) is 4.90 Å². The van der Waals surface area contributed by atoms with Gasteiger partial charge < -0.3 is 10.4 Å². The van der Waals surface area contributed by atoms with E-state index in [0.717, 1.165) is 12.8 Å². The number of carbonyl (C=O) groups is 2. The molecule has 132 valence electrons. The SMILES string of the molecule is CCCC(C)(NC(=O)c1ccc(S(=O)(=O)NC2CC2)cc1)C(=O)O. The van der Waals surface area contributed by atoms with Crippen LogP contribution >= 0.6 is 0 Å². The van der Waals surface area contributed by atoms with Crippen molar-refractivity contribution < 1.29 is 23.1 Å². The summed E-state index contributed by atoms with van der Waals surface area (Å²) in [5.41, 5.74) is -1.15. The van der Waals surface area contributed by atoms with Gasteiger partial charge in [0.2, 0.25) is 10.0 Å². The summed E-state index contributed by atoms with van der Waals surface area (Å²) in [6.45, 7) is 3.29. The zero-order valence-corrected chi connectivity index (χ0v) is 14.5. The second-order valence-corrected chi connectivity index (χ2v) is 7.98. The van der Waals surface area contributed by atoms with Crippen LogP contribution in [-0.2, 0) is 14.8 Å². The lowest BCUT2D eigenvalue weighted by molar-refractivity contribution is -0.144. The second kappa shape index (κ2) is 6.90. The molecule has 24 heavy (non-hydrogen) atoms. The van der Waals surface area contributed by atoms with Crippen molar-refractivity contribution in [1.29, 1.82) is 0 Å². The van der Waals surface area contributed by atoms with Crippen LogP contribution in [0.5, 0.6) is 0 Å². The molecular formula is C16H22N2O5S. The molecule has 1 aliphatic carbocycles. The molecule has 0 bridgehead atoms. The summed E-state index contributed by atoms with van der Waals surface area (Å²) >= 11 is 0. The number of sulfonamides is 1. The van der Waals surface area contributed by atoms with Crippen LogP contribution in [0.1, 0.15) is 49.9 Å². The first-order valence-corrected chi connectivity index (χ1v) is 9.34. The van der Waals surface area contributed by atoms with E-state index in [1.807, 2.05) is 6.92 Å². The van der Waals surface area contributed by atoms with Crippen LogP contribution in [0, 0.1) is 0 Å². The highest BCUT2D eigenvalue weighted by atomic mass is 32.2. The van der Waals surface area contributed by atoms with Gasteiger partial charge in [0.1, 0.15) is 5.54 Å². The molecule has 3 N–H and O–H groups in total. The Bertz CT molecular complexity index is 725. The van der Waals surface area contributed by atoms with E-state index >= 15 is 0 Å².